The molecular weight excluding hydrogens is 638 g/mol. The molecule has 5 rings (SSSR count). The Kier molecular flexibility index (Phi) is 11.5. The quantitative estimate of drug-likeness (QED) is 0.117. The molecule has 3 heterocycles. The SMILES string of the molecule is COC(=O)C1Cc2c(C)nc(Cl)c(F)c2C1.COC(=O)C1Cc2c(C)nc(OCc3ccn(COCC[Si](C)(C)C)n3)c(F)c2C1. The highest BCUT2D eigenvalue weighted by Gasteiger charge is 2.34. The first-order valence-corrected chi connectivity index (χ1v) is 19.2. The Morgan fingerprint density at radius 2 is 1.46 bits per heavy atom. The van der Waals surface area contributed by atoms with Gasteiger partial charge in [-0.25, -0.2) is 23.4 Å². The average Bonchev–Trinajstić information content (AvgIpc) is 3.77. The molecule has 0 fully saturated rings. The highest BCUT2D eigenvalue weighted by molar-refractivity contribution is 6.76. The summed E-state index contributed by atoms with van der Waals surface area (Å²) in [6.07, 6.45) is 3.38. The van der Waals surface area contributed by atoms with E-state index in [1.165, 1.54) is 14.2 Å². The van der Waals surface area contributed by atoms with Crippen molar-refractivity contribution in [3.8, 4) is 5.88 Å². The Balaban J connectivity index is 0.000000252. The van der Waals surface area contributed by atoms with Gasteiger partial charge in [0.1, 0.15) is 13.3 Å². The van der Waals surface area contributed by atoms with Crippen LogP contribution >= 0.6 is 11.6 Å². The Bertz CT molecular complexity index is 1600. The van der Waals surface area contributed by atoms with Crippen molar-refractivity contribution in [1.82, 2.24) is 19.7 Å². The van der Waals surface area contributed by atoms with Gasteiger partial charge in [0.05, 0.1) is 31.7 Å². The van der Waals surface area contributed by atoms with Crippen LogP contribution in [0.1, 0.15) is 39.3 Å². The van der Waals surface area contributed by atoms with Crippen LogP contribution in [0.3, 0.4) is 0 Å². The second-order valence-corrected chi connectivity index (χ2v) is 18.8. The number of methoxy groups -OCH3 is 2. The van der Waals surface area contributed by atoms with Crippen LogP contribution in [0.4, 0.5) is 8.78 Å². The van der Waals surface area contributed by atoms with Crippen LogP contribution in [0.5, 0.6) is 5.88 Å². The molecule has 46 heavy (non-hydrogen) atoms. The first-order valence-electron chi connectivity index (χ1n) is 15.1. The van der Waals surface area contributed by atoms with Crippen molar-refractivity contribution >= 4 is 31.6 Å². The monoisotopic (exact) mass is 678 g/mol. The van der Waals surface area contributed by atoms with Crippen molar-refractivity contribution in [3.05, 3.63) is 68.4 Å². The lowest BCUT2D eigenvalue weighted by Crippen LogP contribution is -2.22. The molecule has 0 aromatic carbocycles. The summed E-state index contributed by atoms with van der Waals surface area (Å²) in [5.41, 5.74) is 4.59. The topological polar surface area (TPSA) is 115 Å². The summed E-state index contributed by atoms with van der Waals surface area (Å²) in [6.45, 7) is 11.7. The molecule has 3 aromatic heterocycles. The second kappa shape index (κ2) is 15.0. The zero-order valence-electron chi connectivity index (χ0n) is 27.3. The van der Waals surface area contributed by atoms with Crippen LogP contribution in [-0.2, 0) is 62.8 Å². The van der Waals surface area contributed by atoms with Gasteiger partial charge in [-0.3, -0.25) is 9.59 Å². The van der Waals surface area contributed by atoms with E-state index in [1.807, 2.05) is 12.3 Å². The zero-order valence-corrected chi connectivity index (χ0v) is 29.1. The van der Waals surface area contributed by atoms with Gasteiger partial charge in [-0.1, -0.05) is 31.2 Å². The third-order valence-electron chi connectivity index (χ3n) is 8.18. The minimum Gasteiger partial charge on any atom is -0.469 e. The van der Waals surface area contributed by atoms with E-state index in [9.17, 15) is 18.4 Å². The van der Waals surface area contributed by atoms with Crippen LogP contribution in [0.2, 0.25) is 30.8 Å². The molecule has 2 atom stereocenters. The molecule has 0 spiro atoms. The Morgan fingerprint density at radius 3 is 2.02 bits per heavy atom. The minimum absolute atomic E-state index is 0.0577. The third kappa shape index (κ3) is 8.48. The van der Waals surface area contributed by atoms with Gasteiger partial charge in [0.2, 0.25) is 0 Å². The molecule has 0 amide bonds. The smallest absolute Gasteiger partial charge is 0.309 e. The molecule has 3 aromatic rings. The molecule has 0 bridgehead atoms. The molecule has 10 nitrogen and oxygen atoms in total. The summed E-state index contributed by atoms with van der Waals surface area (Å²) in [6, 6.07) is 2.91. The van der Waals surface area contributed by atoms with Gasteiger partial charge < -0.3 is 18.9 Å². The number of fused-ring (bicyclic) bond motifs is 2. The molecule has 2 unspecified atom stereocenters. The van der Waals surface area contributed by atoms with Crippen molar-refractivity contribution in [2.45, 2.75) is 78.6 Å². The molecular formula is C32H41ClF2N4O6Si. The molecule has 2 aliphatic carbocycles. The fraction of sp³-hybridized carbons (Fsp3) is 0.531. The van der Waals surface area contributed by atoms with E-state index in [2.05, 4.69) is 39.4 Å². The van der Waals surface area contributed by atoms with E-state index in [0.717, 1.165) is 23.8 Å². The number of ether oxygens (including phenoxy) is 4. The molecule has 14 heteroatoms. The maximum atomic E-state index is 14.9. The van der Waals surface area contributed by atoms with Gasteiger partial charge in [0.15, 0.2) is 16.8 Å². The molecule has 0 N–H and O–H groups in total. The van der Waals surface area contributed by atoms with Crippen molar-refractivity contribution < 1.29 is 37.3 Å². The summed E-state index contributed by atoms with van der Waals surface area (Å²) < 4.78 is 51.1. The van der Waals surface area contributed by atoms with Gasteiger partial charge >= 0.3 is 11.9 Å². The molecule has 0 radical (unpaired) electrons. The number of carbonyl (C=O) groups is 2. The number of hydrogen-bond donors (Lipinski definition) is 0. The standard InChI is InChI=1S/C21H30FN3O4Si.C11H11ClFNO2/c1-14-17-10-15(21(26)27-2)11-18(17)19(22)20(23-14)29-12-16-6-7-25(24-16)13-28-8-9-30(3,4)5;1-5-7-3-6(11(15)16-2)4-8(7)9(13)10(12)14-5/h6-7,15H,8-13H2,1-5H3;6H,3-4H2,1-2H3. The minimum atomic E-state index is -1.11. The maximum Gasteiger partial charge on any atom is 0.309 e. The van der Waals surface area contributed by atoms with Crippen molar-refractivity contribution in [2.24, 2.45) is 11.8 Å². The molecule has 0 saturated carbocycles. The fourth-order valence-corrected chi connectivity index (χ4v) is 6.58. The summed E-state index contributed by atoms with van der Waals surface area (Å²) in [7, 11) is 1.56. The molecule has 2 aliphatic rings. The second-order valence-electron chi connectivity index (χ2n) is 12.8. The maximum absolute atomic E-state index is 14.9. The predicted octanol–water partition coefficient (Wildman–Crippen LogP) is 5.58. The Hall–Kier alpha value is -3.42. The van der Waals surface area contributed by atoms with E-state index in [1.54, 1.807) is 18.5 Å². The molecule has 0 aliphatic heterocycles. The van der Waals surface area contributed by atoms with E-state index in [0.29, 0.717) is 60.6 Å². The number of pyridine rings is 2. The van der Waals surface area contributed by atoms with Crippen LogP contribution in [0, 0.1) is 37.3 Å². The number of aryl methyl sites for hydroxylation is 2. The van der Waals surface area contributed by atoms with E-state index in [4.69, 9.17) is 25.8 Å². The zero-order chi connectivity index (χ0) is 33.8. The highest BCUT2D eigenvalue weighted by Crippen LogP contribution is 2.35. The predicted molar refractivity (Wildman–Crippen MR) is 169 cm³/mol. The van der Waals surface area contributed by atoms with Crippen LogP contribution in [0.25, 0.3) is 0 Å². The summed E-state index contributed by atoms with van der Waals surface area (Å²) in [5, 5.41) is 4.27. The Labute approximate surface area is 273 Å². The number of hydrogen-bond acceptors (Lipinski definition) is 9. The Morgan fingerprint density at radius 1 is 0.913 bits per heavy atom. The lowest BCUT2D eigenvalue weighted by Gasteiger charge is -2.15. The highest BCUT2D eigenvalue weighted by atomic mass is 35.5. The molecule has 0 saturated heterocycles. The number of nitrogens with zero attached hydrogens (tertiary/aromatic N) is 4. The van der Waals surface area contributed by atoms with E-state index in [-0.39, 0.29) is 41.4 Å². The molecule has 250 valence electrons. The number of carbonyl (C=O) groups excluding carboxylic acids is 2. The fourth-order valence-electron chi connectivity index (χ4n) is 5.58. The third-order valence-corrected chi connectivity index (χ3v) is 10.1. The first-order chi connectivity index (χ1) is 21.7. The lowest BCUT2D eigenvalue weighted by molar-refractivity contribution is -0.145. The van der Waals surface area contributed by atoms with Gasteiger partial charge in [0.25, 0.3) is 5.88 Å². The summed E-state index contributed by atoms with van der Waals surface area (Å²) in [4.78, 5) is 31.4. The van der Waals surface area contributed by atoms with Gasteiger partial charge in [0, 0.05) is 32.3 Å². The van der Waals surface area contributed by atoms with E-state index < -0.39 is 19.7 Å². The van der Waals surface area contributed by atoms with Crippen molar-refractivity contribution in [1.29, 1.82) is 0 Å². The van der Waals surface area contributed by atoms with Crippen LogP contribution in [0.15, 0.2) is 12.3 Å². The van der Waals surface area contributed by atoms with Crippen LogP contribution < -0.4 is 4.74 Å². The van der Waals surface area contributed by atoms with Crippen LogP contribution in [-0.4, -0.2) is 60.6 Å². The first kappa shape index (κ1) is 35.4. The van der Waals surface area contributed by atoms with Gasteiger partial charge in [-0.05, 0) is 73.9 Å². The largest absolute Gasteiger partial charge is 0.469 e. The average molecular weight is 679 g/mol. The normalized spacial score (nSPS) is 16.7. The lowest BCUT2D eigenvalue weighted by atomic mass is 10.1. The summed E-state index contributed by atoms with van der Waals surface area (Å²) >= 11 is 5.66. The number of aromatic nitrogens is 4. The number of rotatable bonds is 10. The van der Waals surface area contributed by atoms with E-state index >= 15 is 0 Å². The van der Waals surface area contributed by atoms with Crippen molar-refractivity contribution in [3.63, 3.8) is 0 Å². The number of halogens is 3. The van der Waals surface area contributed by atoms with Gasteiger partial charge in [-0.15, -0.1) is 0 Å². The van der Waals surface area contributed by atoms with Gasteiger partial charge in [-0.2, -0.15) is 5.10 Å². The summed E-state index contributed by atoms with van der Waals surface area (Å²) in [5.74, 6) is -2.39. The van der Waals surface area contributed by atoms with Crippen molar-refractivity contribution in [2.75, 3.05) is 20.8 Å². The number of esters is 2.